The second-order valence-electron chi connectivity index (χ2n) is 8.40. The molecule has 9 nitrogen and oxygen atoms in total. The van der Waals surface area contributed by atoms with Crippen molar-refractivity contribution in [2.75, 3.05) is 23.7 Å². The molecule has 0 spiro atoms. The number of piperidine rings is 1. The van der Waals surface area contributed by atoms with Crippen molar-refractivity contribution in [1.29, 1.82) is 0 Å². The minimum absolute atomic E-state index is 0.390. The molecule has 0 unspecified atom stereocenters. The average molecular weight is 455 g/mol. The highest BCUT2D eigenvalue weighted by atomic mass is 32.2. The van der Waals surface area contributed by atoms with Crippen LogP contribution in [0.2, 0.25) is 0 Å². The van der Waals surface area contributed by atoms with Crippen molar-refractivity contribution >= 4 is 40.0 Å². The smallest absolute Gasteiger partial charge is 0.329 e. The number of aryl methyl sites for hydroxylation is 2. The second kappa shape index (κ2) is 8.50. The highest BCUT2D eigenvalue weighted by Gasteiger charge is 2.24. The van der Waals surface area contributed by atoms with Gasteiger partial charge in [-0.15, -0.1) is 0 Å². The topological polar surface area (TPSA) is 102 Å². The van der Waals surface area contributed by atoms with Crippen molar-refractivity contribution in [3.8, 4) is 0 Å². The number of aromatic nitrogens is 5. The molecule has 5 rings (SSSR count). The van der Waals surface area contributed by atoms with Gasteiger partial charge in [0.2, 0.25) is 5.95 Å². The van der Waals surface area contributed by atoms with Crippen LogP contribution >= 0.6 is 11.8 Å². The normalized spacial score (nSPS) is 16.9. The van der Waals surface area contributed by atoms with Gasteiger partial charge >= 0.3 is 5.69 Å². The van der Waals surface area contributed by atoms with E-state index in [2.05, 4.69) is 21.8 Å². The van der Waals surface area contributed by atoms with Crippen LogP contribution in [0.1, 0.15) is 26.2 Å². The molecule has 32 heavy (non-hydrogen) atoms. The number of imidazole rings is 1. The lowest BCUT2D eigenvalue weighted by Gasteiger charge is -2.32. The van der Waals surface area contributed by atoms with E-state index in [9.17, 15) is 9.59 Å². The van der Waals surface area contributed by atoms with E-state index in [1.54, 1.807) is 18.8 Å². The number of rotatable bonds is 6. The Bertz CT molecular complexity index is 1350. The van der Waals surface area contributed by atoms with E-state index < -0.39 is 11.2 Å². The molecule has 1 aromatic carbocycles. The predicted octanol–water partition coefficient (Wildman–Crippen LogP) is 2.98. The maximum atomic E-state index is 12.7. The summed E-state index contributed by atoms with van der Waals surface area (Å²) >= 11 is 1.56. The van der Waals surface area contributed by atoms with E-state index in [-0.39, 0.29) is 0 Å². The van der Waals surface area contributed by atoms with Crippen LogP contribution in [0.15, 0.2) is 43.5 Å². The standard InChI is InChI=1S/C22H26N6O3S/c1-14-7-5-10-27(13-14)20-24-18-17(19(29)25-21(30)26(18)2)28(20)11-6-12-32-22-23-15-8-3-4-9-16(15)31-22/h3-4,8-9,14H,5-7,10-13H2,1-2H3,(H,25,29,30)/t14-/m0/s1. The fourth-order valence-electron chi connectivity index (χ4n) is 4.34. The van der Waals surface area contributed by atoms with Crippen LogP contribution in [0.4, 0.5) is 5.95 Å². The molecule has 10 heteroatoms. The Morgan fingerprint density at radius 2 is 2.09 bits per heavy atom. The van der Waals surface area contributed by atoms with E-state index in [1.807, 2.05) is 28.8 Å². The minimum Gasteiger partial charge on any atom is -0.431 e. The number of benzene rings is 1. The Morgan fingerprint density at radius 1 is 1.25 bits per heavy atom. The Morgan fingerprint density at radius 3 is 2.91 bits per heavy atom. The minimum atomic E-state index is -0.447. The molecule has 3 aromatic heterocycles. The van der Waals surface area contributed by atoms with Gasteiger partial charge in [-0.05, 0) is 37.3 Å². The summed E-state index contributed by atoms with van der Waals surface area (Å²) in [6.07, 6.45) is 3.08. The number of thioether (sulfide) groups is 1. The molecule has 1 aliphatic heterocycles. The highest BCUT2D eigenvalue weighted by molar-refractivity contribution is 7.99. The average Bonchev–Trinajstić information content (AvgIpc) is 3.37. The number of para-hydroxylation sites is 2. The number of fused-ring (bicyclic) bond motifs is 2. The molecule has 1 fully saturated rings. The molecule has 4 heterocycles. The van der Waals surface area contributed by atoms with E-state index in [1.165, 1.54) is 11.0 Å². The summed E-state index contributed by atoms with van der Waals surface area (Å²) < 4.78 is 9.17. The lowest BCUT2D eigenvalue weighted by atomic mass is 10.0. The van der Waals surface area contributed by atoms with Gasteiger partial charge in [-0.2, -0.15) is 4.98 Å². The molecule has 1 N–H and O–H groups in total. The number of aromatic amines is 1. The van der Waals surface area contributed by atoms with Crippen LogP contribution in [0, 0.1) is 5.92 Å². The fraction of sp³-hybridized carbons (Fsp3) is 0.455. The van der Waals surface area contributed by atoms with Gasteiger partial charge < -0.3 is 13.9 Å². The summed E-state index contributed by atoms with van der Waals surface area (Å²) in [6.45, 7) is 4.65. The van der Waals surface area contributed by atoms with Gasteiger partial charge in [-0.1, -0.05) is 30.8 Å². The Balaban J connectivity index is 1.41. The molecule has 0 bridgehead atoms. The van der Waals surface area contributed by atoms with Crippen molar-refractivity contribution in [3.63, 3.8) is 0 Å². The van der Waals surface area contributed by atoms with Crippen LogP contribution < -0.4 is 16.1 Å². The third kappa shape index (κ3) is 3.83. The van der Waals surface area contributed by atoms with Crippen molar-refractivity contribution < 1.29 is 4.42 Å². The van der Waals surface area contributed by atoms with Gasteiger partial charge in [-0.3, -0.25) is 14.3 Å². The van der Waals surface area contributed by atoms with Crippen molar-refractivity contribution in [2.24, 2.45) is 13.0 Å². The van der Waals surface area contributed by atoms with Gasteiger partial charge in [0.05, 0.1) is 0 Å². The van der Waals surface area contributed by atoms with Crippen LogP contribution in [0.25, 0.3) is 22.3 Å². The first kappa shape index (κ1) is 20.9. The lowest BCUT2D eigenvalue weighted by molar-refractivity contribution is 0.437. The third-order valence-corrected chi connectivity index (χ3v) is 6.87. The number of nitrogens with one attached hydrogen (secondary N) is 1. The zero-order valence-electron chi connectivity index (χ0n) is 18.2. The maximum Gasteiger partial charge on any atom is 0.329 e. The largest absolute Gasteiger partial charge is 0.431 e. The van der Waals surface area contributed by atoms with Crippen LogP contribution in [-0.2, 0) is 13.6 Å². The van der Waals surface area contributed by atoms with Crippen molar-refractivity contribution in [2.45, 2.75) is 38.0 Å². The van der Waals surface area contributed by atoms with Gasteiger partial charge in [0, 0.05) is 32.4 Å². The molecule has 1 saturated heterocycles. The fourth-order valence-corrected chi connectivity index (χ4v) is 5.10. The van der Waals surface area contributed by atoms with Crippen LogP contribution in [0.5, 0.6) is 0 Å². The SMILES string of the molecule is C[C@H]1CCCN(c2nc3c(c(=O)[nH]c(=O)n3C)n2CCCSc2nc3ccccc3o2)C1. The first-order chi connectivity index (χ1) is 15.5. The first-order valence-electron chi connectivity index (χ1n) is 10.9. The van der Waals surface area contributed by atoms with E-state index >= 15 is 0 Å². The molecular weight excluding hydrogens is 428 g/mol. The summed E-state index contributed by atoms with van der Waals surface area (Å²) in [6, 6.07) is 7.71. The van der Waals surface area contributed by atoms with Crippen molar-refractivity contribution in [3.05, 3.63) is 45.1 Å². The molecule has 168 valence electrons. The maximum absolute atomic E-state index is 12.7. The lowest BCUT2D eigenvalue weighted by Crippen LogP contribution is -2.36. The van der Waals surface area contributed by atoms with E-state index in [0.717, 1.165) is 48.7 Å². The third-order valence-electron chi connectivity index (χ3n) is 5.95. The summed E-state index contributed by atoms with van der Waals surface area (Å²) in [7, 11) is 1.64. The molecular formula is C22H26N6O3S. The summed E-state index contributed by atoms with van der Waals surface area (Å²) in [5.41, 5.74) is 1.68. The molecule has 0 radical (unpaired) electrons. The van der Waals surface area contributed by atoms with Gasteiger partial charge in [0.1, 0.15) is 5.52 Å². The van der Waals surface area contributed by atoms with E-state index in [0.29, 0.717) is 28.8 Å². The number of nitrogens with zero attached hydrogens (tertiary/aromatic N) is 5. The highest BCUT2D eigenvalue weighted by Crippen LogP contribution is 2.27. The van der Waals surface area contributed by atoms with Crippen LogP contribution in [0.3, 0.4) is 0 Å². The number of anilines is 1. The number of oxazole rings is 1. The zero-order chi connectivity index (χ0) is 22.2. The Hall–Kier alpha value is -3.01. The molecule has 4 aromatic rings. The molecule has 0 saturated carbocycles. The van der Waals surface area contributed by atoms with E-state index in [4.69, 9.17) is 9.40 Å². The number of H-pyrrole nitrogens is 1. The Kier molecular flexibility index (Phi) is 5.54. The summed E-state index contributed by atoms with van der Waals surface area (Å²) in [5, 5.41) is 0.645. The van der Waals surface area contributed by atoms with Gasteiger partial charge in [0.15, 0.2) is 16.7 Å². The first-order valence-corrected chi connectivity index (χ1v) is 11.9. The number of hydrogen-bond donors (Lipinski definition) is 1. The second-order valence-corrected chi connectivity index (χ2v) is 9.44. The van der Waals surface area contributed by atoms with Gasteiger partial charge in [0.25, 0.3) is 10.8 Å². The quantitative estimate of drug-likeness (QED) is 0.353. The molecule has 1 aliphatic rings. The monoisotopic (exact) mass is 454 g/mol. The molecule has 0 amide bonds. The van der Waals surface area contributed by atoms with Gasteiger partial charge in [-0.25, -0.2) is 9.78 Å². The van der Waals surface area contributed by atoms with Crippen molar-refractivity contribution in [1.82, 2.24) is 24.1 Å². The molecule has 1 atom stereocenters. The summed E-state index contributed by atoms with van der Waals surface area (Å²) in [5.74, 6) is 2.12. The molecule has 0 aliphatic carbocycles. The number of hydrogen-bond acceptors (Lipinski definition) is 7. The predicted molar refractivity (Wildman–Crippen MR) is 126 cm³/mol. The zero-order valence-corrected chi connectivity index (χ0v) is 19.0. The summed E-state index contributed by atoms with van der Waals surface area (Å²) in [4.78, 5) is 38.7. The van der Waals surface area contributed by atoms with Crippen LogP contribution in [-0.4, -0.2) is 42.9 Å². The Labute approximate surface area is 188 Å².